The number of rotatable bonds is 7. The molecule has 1 aromatic rings. The number of hydrogen-bond acceptors (Lipinski definition) is 2. The molecule has 0 radical (unpaired) electrons. The molecule has 1 rings (SSSR count). The summed E-state index contributed by atoms with van der Waals surface area (Å²) in [7, 11) is 0. The van der Waals surface area contributed by atoms with Crippen molar-refractivity contribution in [2.75, 3.05) is 6.61 Å². The fraction of sp³-hybridized carbons (Fsp3) is 0.636. The van der Waals surface area contributed by atoms with Crippen molar-refractivity contribution in [3.8, 4) is 11.5 Å². The van der Waals surface area contributed by atoms with Crippen molar-refractivity contribution < 1.29 is 9.47 Å². The van der Waals surface area contributed by atoms with Crippen LogP contribution in [0.15, 0.2) is 24.3 Å². The minimum absolute atomic E-state index is 0.125. The van der Waals surface area contributed by atoms with E-state index in [-0.39, 0.29) is 11.5 Å². The SMILES string of the molecule is C/C=C/COc1cc(C)c(OC(C)C(C)(C)C(C)C)c(C)c1.CC. The predicted molar refractivity (Wildman–Crippen MR) is 106 cm³/mol. The molecular weight excluding hydrogens is 296 g/mol. The normalized spacial score (nSPS) is 12.8. The van der Waals surface area contributed by atoms with Crippen LogP contribution in [0.4, 0.5) is 0 Å². The molecule has 2 heteroatoms. The summed E-state index contributed by atoms with van der Waals surface area (Å²) in [6, 6.07) is 4.11. The molecule has 0 amide bonds. The predicted octanol–water partition coefficient (Wildman–Crippen LogP) is 6.73. The number of hydrogen-bond donors (Lipinski definition) is 0. The first kappa shape index (κ1) is 22.6. The van der Waals surface area contributed by atoms with E-state index in [0.29, 0.717) is 12.5 Å². The van der Waals surface area contributed by atoms with Crippen LogP contribution in [0.25, 0.3) is 0 Å². The third kappa shape index (κ3) is 6.22. The minimum atomic E-state index is 0.125. The minimum Gasteiger partial charge on any atom is -0.490 e. The molecule has 1 unspecified atom stereocenters. The van der Waals surface area contributed by atoms with Crippen molar-refractivity contribution in [1.29, 1.82) is 0 Å². The zero-order chi connectivity index (χ0) is 18.9. The monoisotopic (exact) mass is 334 g/mol. The van der Waals surface area contributed by atoms with E-state index in [9.17, 15) is 0 Å². The summed E-state index contributed by atoms with van der Waals surface area (Å²) in [6.45, 7) is 22.0. The Balaban J connectivity index is 0.00000254. The van der Waals surface area contributed by atoms with E-state index in [1.807, 2.05) is 32.9 Å². The van der Waals surface area contributed by atoms with E-state index < -0.39 is 0 Å². The van der Waals surface area contributed by atoms with Gasteiger partial charge in [-0.15, -0.1) is 0 Å². The second-order valence-corrected chi connectivity index (χ2v) is 7.00. The van der Waals surface area contributed by atoms with Crippen molar-refractivity contribution in [3.63, 3.8) is 0 Å². The molecule has 0 aliphatic heterocycles. The lowest BCUT2D eigenvalue weighted by Gasteiger charge is -2.36. The molecule has 1 aromatic carbocycles. The quantitative estimate of drug-likeness (QED) is 0.514. The van der Waals surface area contributed by atoms with Gasteiger partial charge in [0, 0.05) is 5.41 Å². The zero-order valence-corrected chi connectivity index (χ0v) is 17.5. The first-order valence-corrected chi connectivity index (χ1v) is 9.22. The van der Waals surface area contributed by atoms with Gasteiger partial charge in [0.05, 0.1) is 0 Å². The maximum atomic E-state index is 6.31. The summed E-state index contributed by atoms with van der Waals surface area (Å²) in [5.41, 5.74) is 2.38. The summed E-state index contributed by atoms with van der Waals surface area (Å²) in [5, 5.41) is 0. The van der Waals surface area contributed by atoms with Crippen LogP contribution in [0.2, 0.25) is 0 Å². The molecule has 0 spiro atoms. The van der Waals surface area contributed by atoms with Gasteiger partial charge in [-0.2, -0.15) is 0 Å². The highest BCUT2D eigenvalue weighted by atomic mass is 16.5. The Kier molecular flexibility index (Phi) is 9.80. The van der Waals surface area contributed by atoms with Gasteiger partial charge in [-0.3, -0.25) is 0 Å². The lowest BCUT2D eigenvalue weighted by molar-refractivity contribution is 0.0502. The molecule has 1 atom stereocenters. The molecule has 0 N–H and O–H groups in total. The number of ether oxygens (including phenoxy) is 2. The first-order chi connectivity index (χ1) is 11.2. The van der Waals surface area contributed by atoms with E-state index in [2.05, 4.69) is 60.6 Å². The molecule has 2 nitrogen and oxygen atoms in total. The van der Waals surface area contributed by atoms with Crippen LogP contribution in [0.5, 0.6) is 11.5 Å². The summed E-state index contributed by atoms with van der Waals surface area (Å²) in [4.78, 5) is 0. The van der Waals surface area contributed by atoms with Gasteiger partial charge in [-0.1, -0.05) is 53.7 Å². The Hall–Kier alpha value is -1.44. The topological polar surface area (TPSA) is 18.5 Å². The lowest BCUT2D eigenvalue weighted by Crippen LogP contribution is -2.36. The van der Waals surface area contributed by atoms with Crippen LogP contribution in [-0.4, -0.2) is 12.7 Å². The van der Waals surface area contributed by atoms with Gasteiger partial charge in [-0.25, -0.2) is 0 Å². The Bertz CT molecular complexity index is 490. The molecule has 138 valence electrons. The largest absolute Gasteiger partial charge is 0.490 e. The molecule has 0 aromatic heterocycles. The van der Waals surface area contributed by atoms with Gasteiger partial charge in [-0.05, 0) is 56.9 Å². The lowest BCUT2D eigenvalue weighted by atomic mass is 9.77. The number of aryl methyl sites for hydroxylation is 2. The second kappa shape index (κ2) is 10.4. The van der Waals surface area contributed by atoms with Gasteiger partial charge in [0.2, 0.25) is 0 Å². The highest BCUT2D eigenvalue weighted by Gasteiger charge is 2.31. The van der Waals surface area contributed by atoms with E-state index >= 15 is 0 Å². The van der Waals surface area contributed by atoms with Crippen molar-refractivity contribution in [1.82, 2.24) is 0 Å². The van der Waals surface area contributed by atoms with Crippen molar-refractivity contribution in [2.45, 2.75) is 75.3 Å². The summed E-state index contributed by atoms with van der Waals surface area (Å²) < 4.78 is 12.0. The van der Waals surface area contributed by atoms with Gasteiger partial charge < -0.3 is 9.47 Å². The average Bonchev–Trinajstić information content (AvgIpc) is 2.52. The van der Waals surface area contributed by atoms with E-state index in [4.69, 9.17) is 9.47 Å². The number of allylic oxidation sites excluding steroid dienone is 1. The van der Waals surface area contributed by atoms with Crippen LogP contribution >= 0.6 is 0 Å². The smallest absolute Gasteiger partial charge is 0.125 e. The fourth-order valence-electron chi connectivity index (χ4n) is 2.22. The van der Waals surface area contributed by atoms with Crippen LogP contribution in [0.3, 0.4) is 0 Å². The van der Waals surface area contributed by atoms with Crippen molar-refractivity contribution in [3.05, 3.63) is 35.4 Å². The van der Waals surface area contributed by atoms with E-state index in [0.717, 1.165) is 22.6 Å². The van der Waals surface area contributed by atoms with Gasteiger partial charge in [0.1, 0.15) is 24.2 Å². The van der Waals surface area contributed by atoms with Gasteiger partial charge >= 0.3 is 0 Å². The zero-order valence-electron chi connectivity index (χ0n) is 17.5. The molecule has 0 saturated heterocycles. The third-order valence-corrected chi connectivity index (χ3v) is 4.85. The maximum absolute atomic E-state index is 6.31. The van der Waals surface area contributed by atoms with Gasteiger partial charge in [0.25, 0.3) is 0 Å². The Morgan fingerprint density at radius 2 is 1.54 bits per heavy atom. The summed E-state index contributed by atoms with van der Waals surface area (Å²) >= 11 is 0. The molecule has 0 aliphatic rings. The molecule has 0 bridgehead atoms. The fourth-order valence-corrected chi connectivity index (χ4v) is 2.22. The van der Waals surface area contributed by atoms with E-state index in [1.54, 1.807) is 0 Å². The molecule has 0 heterocycles. The van der Waals surface area contributed by atoms with Crippen LogP contribution in [0.1, 0.15) is 66.5 Å². The average molecular weight is 335 g/mol. The standard InChI is InChI=1S/C20H32O2.C2H6/c1-9-10-11-21-18-12-15(4)19(16(5)13-18)22-17(6)20(7,8)14(2)3;1-2/h9-10,12-14,17H,11H2,1-8H3;1-2H3/b10-9+;. The highest BCUT2D eigenvalue weighted by Crippen LogP contribution is 2.36. The van der Waals surface area contributed by atoms with Crippen molar-refractivity contribution >= 4 is 0 Å². The van der Waals surface area contributed by atoms with Crippen LogP contribution in [-0.2, 0) is 0 Å². The Morgan fingerprint density at radius 3 is 1.96 bits per heavy atom. The van der Waals surface area contributed by atoms with Crippen LogP contribution in [0, 0.1) is 25.2 Å². The van der Waals surface area contributed by atoms with E-state index in [1.165, 1.54) is 0 Å². The summed E-state index contributed by atoms with van der Waals surface area (Å²) in [5.74, 6) is 2.45. The van der Waals surface area contributed by atoms with Crippen LogP contribution < -0.4 is 9.47 Å². The highest BCUT2D eigenvalue weighted by molar-refractivity contribution is 5.46. The Labute approximate surface area is 150 Å². The maximum Gasteiger partial charge on any atom is 0.125 e. The molecule has 0 saturated carbocycles. The second-order valence-electron chi connectivity index (χ2n) is 7.00. The molecule has 24 heavy (non-hydrogen) atoms. The molecule has 0 fully saturated rings. The van der Waals surface area contributed by atoms with Gasteiger partial charge in [0.15, 0.2) is 0 Å². The molecular formula is C22H38O2. The Morgan fingerprint density at radius 1 is 1.04 bits per heavy atom. The summed E-state index contributed by atoms with van der Waals surface area (Å²) in [6.07, 6.45) is 4.15. The molecule has 0 aliphatic carbocycles. The first-order valence-electron chi connectivity index (χ1n) is 9.22. The van der Waals surface area contributed by atoms with Crippen molar-refractivity contribution in [2.24, 2.45) is 11.3 Å². The number of benzene rings is 1. The third-order valence-electron chi connectivity index (χ3n) is 4.85.